The quantitative estimate of drug-likeness (QED) is 0.849. The van der Waals surface area contributed by atoms with E-state index < -0.39 is 5.79 Å². The number of hydrogen-bond donors (Lipinski definition) is 1. The predicted octanol–water partition coefficient (Wildman–Crippen LogP) is 0.270. The minimum absolute atomic E-state index is 0.0261. The molecule has 2 aliphatic rings. The van der Waals surface area contributed by atoms with E-state index >= 15 is 0 Å². The van der Waals surface area contributed by atoms with Gasteiger partial charge in [0.05, 0.1) is 25.1 Å². The smallest absolute Gasteiger partial charge is 0.271 e. The molecule has 1 spiro atoms. The molecule has 0 aromatic carbocycles. The molecule has 8 heteroatoms. The van der Waals surface area contributed by atoms with Gasteiger partial charge in [0.2, 0.25) is 5.91 Å². The van der Waals surface area contributed by atoms with E-state index in [4.69, 9.17) is 9.47 Å². The second-order valence-electron chi connectivity index (χ2n) is 6.04. The standard InChI is InChI=1S/C16H22N4O4/c1-12-10-19-13(11-18-12)15(22)17-5-2-14(21)20-6-3-16(4-7-20)23-8-9-24-16/h10-11H,2-9H2,1H3,(H,17,22). The van der Waals surface area contributed by atoms with Crippen LogP contribution in [0.25, 0.3) is 0 Å². The van der Waals surface area contributed by atoms with E-state index in [1.54, 1.807) is 11.8 Å². The molecule has 0 saturated carbocycles. The first-order valence-corrected chi connectivity index (χ1v) is 8.21. The Labute approximate surface area is 140 Å². The lowest BCUT2D eigenvalue weighted by atomic mass is 10.0. The molecule has 3 rings (SSSR count). The number of carbonyl (C=O) groups is 2. The predicted molar refractivity (Wildman–Crippen MR) is 84.2 cm³/mol. The molecule has 0 bridgehead atoms. The molecule has 2 fully saturated rings. The summed E-state index contributed by atoms with van der Waals surface area (Å²) < 4.78 is 11.3. The van der Waals surface area contributed by atoms with Crippen molar-refractivity contribution in [3.63, 3.8) is 0 Å². The van der Waals surface area contributed by atoms with Crippen molar-refractivity contribution >= 4 is 11.8 Å². The van der Waals surface area contributed by atoms with Gasteiger partial charge in [-0.3, -0.25) is 14.6 Å². The second-order valence-corrected chi connectivity index (χ2v) is 6.04. The van der Waals surface area contributed by atoms with Crippen LogP contribution in [-0.2, 0) is 14.3 Å². The van der Waals surface area contributed by atoms with Crippen LogP contribution < -0.4 is 5.32 Å². The highest BCUT2D eigenvalue weighted by Gasteiger charge is 2.40. The summed E-state index contributed by atoms with van der Waals surface area (Å²) >= 11 is 0. The normalized spacial score (nSPS) is 19.5. The molecule has 0 aliphatic carbocycles. The van der Waals surface area contributed by atoms with Crippen molar-refractivity contribution in [3.05, 3.63) is 23.8 Å². The average molecular weight is 334 g/mol. The molecule has 1 N–H and O–H groups in total. The van der Waals surface area contributed by atoms with Crippen molar-refractivity contribution < 1.29 is 19.1 Å². The zero-order valence-corrected chi connectivity index (χ0v) is 13.8. The molecule has 1 aromatic rings. The molecule has 2 aliphatic heterocycles. The number of hydrogen-bond acceptors (Lipinski definition) is 6. The number of amides is 2. The van der Waals surface area contributed by atoms with Crippen LogP contribution in [-0.4, -0.2) is 65.3 Å². The van der Waals surface area contributed by atoms with Gasteiger partial charge in [-0.15, -0.1) is 0 Å². The monoisotopic (exact) mass is 334 g/mol. The van der Waals surface area contributed by atoms with Gasteiger partial charge in [-0.05, 0) is 6.92 Å². The van der Waals surface area contributed by atoms with Gasteiger partial charge in [0, 0.05) is 45.1 Å². The van der Waals surface area contributed by atoms with E-state index in [1.807, 2.05) is 0 Å². The van der Waals surface area contributed by atoms with Crippen molar-refractivity contribution in [2.24, 2.45) is 0 Å². The summed E-state index contributed by atoms with van der Waals surface area (Å²) in [4.78, 5) is 34.0. The van der Waals surface area contributed by atoms with Crippen LogP contribution in [0.3, 0.4) is 0 Å². The lowest BCUT2D eigenvalue weighted by Crippen LogP contribution is -2.47. The zero-order valence-electron chi connectivity index (χ0n) is 13.8. The number of nitrogens with zero attached hydrogens (tertiary/aromatic N) is 3. The number of aromatic nitrogens is 2. The maximum atomic E-state index is 12.2. The Morgan fingerprint density at radius 1 is 1.21 bits per heavy atom. The topological polar surface area (TPSA) is 93.7 Å². The summed E-state index contributed by atoms with van der Waals surface area (Å²) in [6, 6.07) is 0. The van der Waals surface area contributed by atoms with E-state index in [-0.39, 0.29) is 30.5 Å². The van der Waals surface area contributed by atoms with Crippen molar-refractivity contribution in [3.8, 4) is 0 Å². The Bertz CT molecular complexity index is 589. The van der Waals surface area contributed by atoms with Crippen LogP contribution in [0.15, 0.2) is 12.4 Å². The van der Waals surface area contributed by atoms with E-state index in [0.29, 0.717) is 39.1 Å². The molecule has 0 unspecified atom stereocenters. The minimum Gasteiger partial charge on any atom is -0.350 e. The highest BCUT2D eigenvalue weighted by Crippen LogP contribution is 2.31. The third-order valence-electron chi connectivity index (χ3n) is 4.33. The Morgan fingerprint density at radius 2 is 1.92 bits per heavy atom. The number of nitrogens with one attached hydrogen (secondary N) is 1. The highest BCUT2D eigenvalue weighted by atomic mass is 16.7. The van der Waals surface area contributed by atoms with E-state index in [0.717, 1.165) is 5.69 Å². The van der Waals surface area contributed by atoms with Gasteiger partial charge < -0.3 is 19.7 Å². The minimum atomic E-state index is -0.477. The summed E-state index contributed by atoms with van der Waals surface area (Å²) in [5.74, 6) is -0.770. The lowest BCUT2D eigenvalue weighted by Gasteiger charge is -2.37. The van der Waals surface area contributed by atoms with Crippen LogP contribution in [0.5, 0.6) is 0 Å². The summed E-state index contributed by atoms with van der Waals surface area (Å²) in [6.45, 7) is 4.58. The van der Waals surface area contributed by atoms with Crippen molar-refractivity contribution in [1.82, 2.24) is 20.2 Å². The van der Waals surface area contributed by atoms with Gasteiger partial charge in [0.25, 0.3) is 5.91 Å². The number of ether oxygens (including phenoxy) is 2. The van der Waals surface area contributed by atoms with Gasteiger partial charge in [-0.1, -0.05) is 0 Å². The molecule has 130 valence electrons. The Morgan fingerprint density at radius 3 is 2.54 bits per heavy atom. The van der Waals surface area contributed by atoms with Gasteiger partial charge in [-0.25, -0.2) is 4.98 Å². The maximum Gasteiger partial charge on any atom is 0.271 e. The van der Waals surface area contributed by atoms with Crippen LogP contribution in [0.2, 0.25) is 0 Å². The second kappa shape index (κ2) is 7.23. The van der Waals surface area contributed by atoms with Crippen molar-refractivity contribution in [2.75, 3.05) is 32.8 Å². The van der Waals surface area contributed by atoms with Crippen LogP contribution >= 0.6 is 0 Å². The summed E-state index contributed by atoms with van der Waals surface area (Å²) in [6.07, 6.45) is 4.63. The Hall–Kier alpha value is -2.06. The Balaban J connectivity index is 1.40. The molecular weight excluding hydrogens is 312 g/mol. The third-order valence-corrected chi connectivity index (χ3v) is 4.33. The summed E-state index contributed by atoms with van der Waals surface area (Å²) in [5, 5.41) is 2.70. The van der Waals surface area contributed by atoms with Crippen molar-refractivity contribution in [2.45, 2.75) is 32.0 Å². The van der Waals surface area contributed by atoms with E-state index in [1.165, 1.54) is 12.4 Å². The van der Waals surface area contributed by atoms with Crippen molar-refractivity contribution in [1.29, 1.82) is 0 Å². The molecule has 0 radical (unpaired) electrons. The molecule has 1 aromatic heterocycles. The first-order chi connectivity index (χ1) is 11.6. The zero-order chi connectivity index (χ0) is 17.0. The molecule has 24 heavy (non-hydrogen) atoms. The van der Waals surface area contributed by atoms with Crippen LogP contribution in [0.1, 0.15) is 35.4 Å². The van der Waals surface area contributed by atoms with E-state index in [9.17, 15) is 9.59 Å². The van der Waals surface area contributed by atoms with Crippen LogP contribution in [0.4, 0.5) is 0 Å². The fourth-order valence-corrected chi connectivity index (χ4v) is 2.92. The molecule has 8 nitrogen and oxygen atoms in total. The maximum absolute atomic E-state index is 12.2. The fraction of sp³-hybridized carbons (Fsp3) is 0.625. The van der Waals surface area contributed by atoms with Gasteiger partial charge in [-0.2, -0.15) is 0 Å². The largest absolute Gasteiger partial charge is 0.350 e. The number of rotatable bonds is 4. The van der Waals surface area contributed by atoms with E-state index in [2.05, 4.69) is 15.3 Å². The molecule has 0 atom stereocenters. The third kappa shape index (κ3) is 3.88. The molecule has 2 saturated heterocycles. The number of piperidine rings is 1. The first-order valence-electron chi connectivity index (χ1n) is 8.21. The van der Waals surface area contributed by atoms with Gasteiger partial charge in [0.1, 0.15) is 5.69 Å². The number of likely N-dealkylation sites (tertiary alicyclic amines) is 1. The fourth-order valence-electron chi connectivity index (χ4n) is 2.92. The summed E-state index contributed by atoms with van der Waals surface area (Å²) in [5.41, 5.74) is 1.00. The SMILES string of the molecule is Cc1cnc(C(=O)NCCC(=O)N2CCC3(CC2)OCCO3)cn1. The number of carbonyl (C=O) groups excluding carboxylic acids is 2. The van der Waals surface area contributed by atoms with Gasteiger partial charge in [0.15, 0.2) is 5.79 Å². The van der Waals surface area contributed by atoms with Crippen LogP contribution in [0, 0.1) is 6.92 Å². The Kier molecular flexibility index (Phi) is 5.06. The molecular formula is C16H22N4O4. The molecule has 3 heterocycles. The first kappa shape index (κ1) is 16.8. The lowest BCUT2D eigenvalue weighted by molar-refractivity contribution is -0.187. The highest BCUT2D eigenvalue weighted by molar-refractivity contribution is 5.92. The summed E-state index contributed by atoms with van der Waals surface area (Å²) in [7, 11) is 0. The number of aryl methyl sites for hydroxylation is 1. The van der Waals surface area contributed by atoms with Gasteiger partial charge >= 0.3 is 0 Å². The molecule has 2 amide bonds. The average Bonchev–Trinajstić information content (AvgIpc) is 3.04.